The van der Waals surface area contributed by atoms with Crippen molar-refractivity contribution in [2.45, 2.75) is 38.8 Å². The van der Waals surface area contributed by atoms with Gasteiger partial charge in [0.15, 0.2) is 0 Å². The Hall–Kier alpha value is -1.35. The molecule has 1 saturated heterocycles. The average Bonchev–Trinajstić information content (AvgIpc) is 2.40. The fourth-order valence-electron chi connectivity index (χ4n) is 2.30. The summed E-state index contributed by atoms with van der Waals surface area (Å²) in [5.74, 6) is 0.844. The van der Waals surface area contributed by atoms with Gasteiger partial charge in [-0.15, -0.1) is 0 Å². The smallest absolute Gasteiger partial charge is 0.233 e. The predicted molar refractivity (Wildman–Crippen MR) is 71.6 cm³/mol. The van der Waals surface area contributed by atoms with Gasteiger partial charge >= 0.3 is 0 Å². The second kappa shape index (κ2) is 6.01. The zero-order valence-corrected chi connectivity index (χ0v) is 11.1. The number of hydrogen-bond donors (Lipinski definition) is 0. The van der Waals surface area contributed by atoms with Crippen LogP contribution in [0.2, 0.25) is 0 Å². The molecule has 18 heavy (non-hydrogen) atoms. The van der Waals surface area contributed by atoms with E-state index in [1.165, 1.54) is 0 Å². The van der Waals surface area contributed by atoms with Gasteiger partial charge in [-0.1, -0.05) is 0 Å². The van der Waals surface area contributed by atoms with Crippen molar-refractivity contribution in [2.24, 2.45) is 0 Å². The van der Waals surface area contributed by atoms with Crippen LogP contribution < -0.4 is 4.74 Å². The van der Waals surface area contributed by atoms with Crippen LogP contribution in [0.15, 0.2) is 24.3 Å². The Bertz CT molecular complexity index is 378. The third-order valence-electron chi connectivity index (χ3n) is 3.48. The molecule has 0 atom stereocenters. The summed E-state index contributed by atoms with van der Waals surface area (Å²) >= 11 is 0. The molecule has 1 aromatic rings. The molecule has 97 valence electrons. The summed E-state index contributed by atoms with van der Waals surface area (Å²) in [4.78, 5) is 12.9. The van der Waals surface area contributed by atoms with Crippen molar-refractivity contribution < 1.29 is 9.53 Å². The first-order valence-corrected chi connectivity index (χ1v) is 6.58. The van der Waals surface area contributed by atoms with Crippen LogP contribution in [0.25, 0.3) is 0 Å². The standard InChI is InChI=1S/C15H20NO2/c1-12(2)16-9-7-15(8-10-16)18-14-5-3-13(11-17)4-6-14/h3-6,12,15H,7-10H2,1-2H3. The highest BCUT2D eigenvalue weighted by Crippen LogP contribution is 2.20. The molecule has 3 heteroatoms. The number of ether oxygens (including phenoxy) is 1. The zero-order chi connectivity index (χ0) is 13.0. The summed E-state index contributed by atoms with van der Waals surface area (Å²) in [6.07, 6.45) is 4.30. The van der Waals surface area contributed by atoms with Crippen LogP contribution in [0.5, 0.6) is 5.75 Å². The first-order chi connectivity index (χ1) is 8.69. The second-order valence-corrected chi connectivity index (χ2v) is 5.07. The molecule has 1 radical (unpaired) electrons. The van der Waals surface area contributed by atoms with E-state index >= 15 is 0 Å². The SMILES string of the molecule is CC(C)N1CCC(Oc2ccc([C]=O)cc2)CC1. The summed E-state index contributed by atoms with van der Waals surface area (Å²) in [7, 11) is 0. The molecule has 1 aromatic carbocycles. The van der Waals surface area contributed by atoms with Gasteiger partial charge in [-0.3, -0.25) is 4.79 Å². The molecule has 1 heterocycles. The highest BCUT2D eigenvalue weighted by molar-refractivity contribution is 5.75. The summed E-state index contributed by atoms with van der Waals surface area (Å²) in [6, 6.07) is 7.79. The van der Waals surface area contributed by atoms with E-state index in [9.17, 15) is 4.79 Å². The number of benzene rings is 1. The predicted octanol–water partition coefficient (Wildman–Crippen LogP) is 2.40. The van der Waals surface area contributed by atoms with E-state index in [1.54, 1.807) is 12.1 Å². The molecule has 0 aromatic heterocycles. The molecule has 0 unspecified atom stereocenters. The minimum absolute atomic E-state index is 0.297. The fraction of sp³-hybridized carbons (Fsp3) is 0.533. The summed E-state index contributed by atoms with van der Waals surface area (Å²) in [6.45, 7) is 6.66. The van der Waals surface area contributed by atoms with Crippen molar-refractivity contribution in [1.29, 1.82) is 0 Å². The molecule has 1 aliphatic rings. The summed E-state index contributed by atoms with van der Waals surface area (Å²) in [5, 5.41) is 0. The Balaban J connectivity index is 1.85. The Kier molecular flexibility index (Phi) is 4.37. The Morgan fingerprint density at radius 2 is 1.83 bits per heavy atom. The molecule has 2 rings (SSSR count). The molecule has 1 aliphatic heterocycles. The highest BCUT2D eigenvalue weighted by atomic mass is 16.5. The lowest BCUT2D eigenvalue weighted by atomic mass is 10.1. The average molecular weight is 246 g/mol. The number of nitrogens with zero attached hydrogens (tertiary/aromatic N) is 1. The fourth-order valence-corrected chi connectivity index (χ4v) is 2.30. The molecule has 0 N–H and O–H groups in total. The largest absolute Gasteiger partial charge is 0.490 e. The maximum atomic E-state index is 10.4. The number of hydrogen-bond acceptors (Lipinski definition) is 3. The van der Waals surface area contributed by atoms with Crippen molar-refractivity contribution in [3.8, 4) is 5.75 Å². The molecule has 0 bridgehead atoms. The third-order valence-corrected chi connectivity index (χ3v) is 3.48. The van der Waals surface area contributed by atoms with Crippen LogP contribution >= 0.6 is 0 Å². The van der Waals surface area contributed by atoms with E-state index in [-0.39, 0.29) is 0 Å². The number of rotatable bonds is 4. The van der Waals surface area contributed by atoms with Crippen LogP contribution in [0.3, 0.4) is 0 Å². The lowest BCUT2D eigenvalue weighted by molar-refractivity contribution is 0.0843. The van der Waals surface area contributed by atoms with Crippen molar-refractivity contribution in [3.63, 3.8) is 0 Å². The molecular formula is C15H20NO2. The van der Waals surface area contributed by atoms with Crippen molar-refractivity contribution in [2.75, 3.05) is 13.1 Å². The van der Waals surface area contributed by atoms with E-state index in [1.807, 2.05) is 18.4 Å². The van der Waals surface area contributed by atoms with Crippen molar-refractivity contribution in [3.05, 3.63) is 29.8 Å². The van der Waals surface area contributed by atoms with Crippen molar-refractivity contribution in [1.82, 2.24) is 4.90 Å². The van der Waals surface area contributed by atoms with Gasteiger partial charge in [-0.05, 0) is 51.0 Å². The maximum Gasteiger partial charge on any atom is 0.233 e. The van der Waals surface area contributed by atoms with Gasteiger partial charge in [0.2, 0.25) is 6.29 Å². The lowest BCUT2D eigenvalue weighted by Gasteiger charge is -2.34. The second-order valence-electron chi connectivity index (χ2n) is 5.07. The molecule has 3 nitrogen and oxygen atoms in total. The van der Waals surface area contributed by atoms with Gasteiger partial charge in [0.25, 0.3) is 0 Å². The maximum absolute atomic E-state index is 10.4. The topological polar surface area (TPSA) is 29.5 Å². The first-order valence-electron chi connectivity index (χ1n) is 6.58. The third kappa shape index (κ3) is 3.33. The van der Waals surface area contributed by atoms with Crippen LogP contribution in [0, 0.1) is 0 Å². The van der Waals surface area contributed by atoms with E-state index in [0.717, 1.165) is 31.7 Å². The minimum Gasteiger partial charge on any atom is -0.490 e. The van der Waals surface area contributed by atoms with Gasteiger partial charge in [0.1, 0.15) is 11.9 Å². The van der Waals surface area contributed by atoms with E-state index < -0.39 is 0 Å². The number of piperidine rings is 1. The van der Waals surface area contributed by atoms with Crippen LogP contribution in [-0.4, -0.2) is 36.4 Å². The minimum atomic E-state index is 0.297. The molecule has 0 amide bonds. The Morgan fingerprint density at radius 1 is 1.22 bits per heavy atom. The van der Waals surface area contributed by atoms with E-state index in [0.29, 0.717) is 17.7 Å². The Labute approximate surface area is 109 Å². The highest BCUT2D eigenvalue weighted by Gasteiger charge is 2.21. The first kappa shape index (κ1) is 13.1. The number of likely N-dealkylation sites (tertiary alicyclic amines) is 1. The van der Waals surface area contributed by atoms with Gasteiger partial charge in [0.05, 0.1) is 0 Å². The van der Waals surface area contributed by atoms with Gasteiger partial charge in [0, 0.05) is 24.7 Å². The van der Waals surface area contributed by atoms with Gasteiger partial charge in [-0.25, -0.2) is 0 Å². The molecule has 0 aliphatic carbocycles. The van der Waals surface area contributed by atoms with Crippen LogP contribution in [0.4, 0.5) is 0 Å². The monoisotopic (exact) mass is 246 g/mol. The summed E-state index contributed by atoms with van der Waals surface area (Å²) in [5.41, 5.74) is 0.567. The Morgan fingerprint density at radius 3 is 2.33 bits per heavy atom. The zero-order valence-electron chi connectivity index (χ0n) is 11.1. The molecular weight excluding hydrogens is 226 g/mol. The van der Waals surface area contributed by atoms with E-state index in [4.69, 9.17) is 4.74 Å². The quantitative estimate of drug-likeness (QED) is 0.817. The van der Waals surface area contributed by atoms with Gasteiger partial charge in [-0.2, -0.15) is 0 Å². The molecule has 0 spiro atoms. The molecule has 1 fully saturated rings. The van der Waals surface area contributed by atoms with Crippen molar-refractivity contribution >= 4 is 6.29 Å². The van der Waals surface area contributed by atoms with Gasteiger partial charge < -0.3 is 9.64 Å². The van der Waals surface area contributed by atoms with E-state index in [2.05, 4.69) is 18.7 Å². The molecule has 0 saturated carbocycles. The van der Waals surface area contributed by atoms with Crippen LogP contribution in [-0.2, 0) is 4.79 Å². The summed E-state index contributed by atoms with van der Waals surface area (Å²) < 4.78 is 5.93. The van der Waals surface area contributed by atoms with Crippen LogP contribution in [0.1, 0.15) is 32.3 Å². The lowest BCUT2D eigenvalue weighted by Crippen LogP contribution is -2.41. The normalized spacial score (nSPS) is 17.9. The number of carbonyl (C=O) groups excluding carboxylic acids is 1.